The second-order valence-electron chi connectivity index (χ2n) is 3.75. The van der Waals surface area contributed by atoms with Crippen molar-refractivity contribution in [3.05, 3.63) is 29.8 Å². The zero-order valence-electron chi connectivity index (χ0n) is 9.56. The first-order valence-corrected chi connectivity index (χ1v) is 5.64. The lowest BCUT2D eigenvalue weighted by atomic mass is 10.0. The smallest absolute Gasteiger partial charge is 0.312 e. The summed E-state index contributed by atoms with van der Waals surface area (Å²) in [7, 11) is 0. The van der Waals surface area contributed by atoms with Crippen LogP contribution >= 0.6 is 0 Å². The average Bonchev–Trinajstić information content (AvgIpc) is 2.29. The van der Waals surface area contributed by atoms with Crippen LogP contribution < -0.4 is 0 Å². The highest BCUT2D eigenvalue weighted by Gasteiger charge is 2.25. The largest absolute Gasteiger partial charge is 0.361 e. The highest BCUT2D eigenvalue weighted by atomic mass is 15.2. The molecule has 0 aliphatic heterocycles. The van der Waals surface area contributed by atoms with Crippen LogP contribution in [0.15, 0.2) is 24.3 Å². The van der Waals surface area contributed by atoms with Crippen molar-refractivity contribution in [2.45, 2.75) is 32.7 Å². The third kappa shape index (κ3) is 3.15. The normalized spacial score (nSPS) is 19.7. The highest BCUT2D eigenvalue weighted by Crippen LogP contribution is 2.09. The number of allylic oxidation sites excluding steroid dienone is 2. The van der Waals surface area contributed by atoms with Crippen LogP contribution in [0.3, 0.4) is 0 Å². The minimum atomic E-state index is 0.139. The summed E-state index contributed by atoms with van der Waals surface area (Å²) >= 11 is 0. The SMILES string of the molecule is CCCN(CCC)C1C=CC=CC1=[N+]=[N-]. The van der Waals surface area contributed by atoms with Crippen LogP contribution in [0.4, 0.5) is 0 Å². The van der Waals surface area contributed by atoms with E-state index in [1.54, 1.807) is 0 Å². The van der Waals surface area contributed by atoms with Crippen molar-refractivity contribution in [2.75, 3.05) is 13.1 Å². The first-order valence-electron chi connectivity index (χ1n) is 5.64. The molecule has 1 aliphatic carbocycles. The molecule has 0 saturated carbocycles. The van der Waals surface area contributed by atoms with Gasteiger partial charge in [-0.1, -0.05) is 32.1 Å². The Morgan fingerprint density at radius 3 is 2.47 bits per heavy atom. The Hall–Kier alpha value is -1.18. The third-order valence-electron chi connectivity index (χ3n) is 2.51. The lowest BCUT2D eigenvalue weighted by molar-refractivity contribution is -0.0122. The molecule has 0 fully saturated rings. The van der Waals surface area contributed by atoms with Crippen LogP contribution in [-0.4, -0.2) is 34.5 Å². The summed E-state index contributed by atoms with van der Waals surface area (Å²) in [5.41, 5.74) is 9.66. The van der Waals surface area contributed by atoms with Gasteiger partial charge in [-0.05, 0) is 25.9 Å². The summed E-state index contributed by atoms with van der Waals surface area (Å²) in [6.45, 7) is 6.41. The summed E-state index contributed by atoms with van der Waals surface area (Å²) in [5, 5.41) is 0. The van der Waals surface area contributed by atoms with E-state index >= 15 is 0 Å². The monoisotopic (exact) mass is 205 g/mol. The molecule has 0 aromatic heterocycles. The van der Waals surface area contributed by atoms with Crippen LogP contribution in [0.1, 0.15) is 26.7 Å². The first kappa shape index (κ1) is 11.9. The van der Waals surface area contributed by atoms with Crippen LogP contribution in [0.2, 0.25) is 0 Å². The maximum Gasteiger partial charge on any atom is 0.312 e. The molecule has 1 rings (SSSR count). The summed E-state index contributed by atoms with van der Waals surface area (Å²) in [6, 6.07) is 0.139. The van der Waals surface area contributed by atoms with E-state index in [2.05, 4.69) is 29.6 Å². The summed E-state index contributed by atoms with van der Waals surface area (Å²) in [4.78, 5) is 5.69. The fourth-order valence-electron chi connectivity index (χ4n) is 1.89. The van der Waals surface area contributed by atoms with Gasteiger partial charge in [0.1, 0.15) is 6.04 Å². The van der Waals surface area contributed by atoms with Crippen molar-refractivity contribution in [3.8, 4) is 0 Å². The number of hydrogen-bond donors (Lipinski definition) is 0. The van der Waals surface area contributed by atoms with Crippen LogP contribution in [0.25, 0.3) is 5.53 Å². The van der Waals surface area contributed by atoms with Gasteiger partial charge in [-0.2, -0.15) is 4.79 Å². The third-order valence-corrected chi connectivity index (χ3v) is 2.51. The minimum absolute atomic E-state index is 0.139. The predicted molar refractivity (Wildman–Crippen MR) is 62.8 cm³/mol. The van der Waals surface area contributed by atoms with E-state index < -0.39 is 0 Å². The Kier molecular flexibility index (Phi) is 5.02. The predicted octanol–water partition coefficient (Wildman–Crippen LogP) is 2.27. The molecular weight excluding hydrogens is 186 g/mol. The van der Waals surface area contributed by atoms with Crippen molar-refractivity contribution in [3.63, 3.8) is 0 Å². The van der Waals surface area contributed by atoms with Crippen molar-refractivity contribution < 1.29 is 4.79 Å². The molecule has 15 heavy (non-hydrogen) atoms. The second kappa shape index (κ2) is 6.33. The maximum absolute atomic E-state index is 8.92. The van der Waals surface area contributed by atoms with Crippen molar-refractivity contribution in [2.24, 2.45) is 0 Å². The fraction of sp³-hybridized carbons (Fsp3) is 0.583. The molecule has 0 amide bonds. The quantitative estimate of drug-likeness (QED) is 0.501. The number of nitrogens with zero attached hydrogens (tertiary/aromatic N) is 3. The number of hydrogen-bond acceptors (Lipinski definition) is 1. The lowest BCUT2D eigenvalue weighted by Gasteiger charge is -2.26. The molecule has 0 saturated heterocycles. The molecule has 0 spiro atoms. The molecule has 0 N–H and O–H groups in total. The van der Waals surface area contributed by atoms with Gasteiger partial charge in [0.15, 0.2) is 0 Å². The fourth-order valence-corrected chi connectivity index (χ4v) is 1.89. The first-order chi connectivity index (χ1) is 7.33. The zero-order valence-corrected chi connectivity index (χ0v) is 9.56. The van der Waals surface area contributed by atoms with Crippen molar-refractivity contribution in [1.29, 1.82) is 0 Å². The molecular formula is C12H19N3. The highest BCUT2D eigenvalue weighted by molar-refractivity contribution is 5.97. The summed E-state index contributed by atoms with van der Waals surface area (Å²) in [5.74, 6) is 0. The van der Waals surface area contributed by atoms with Gasteiger partial charge in [0, 0.05) is 6.08 Å². The Balaban J connectivity index is 2.77. The van der Waals surface area contributed by atoms with Crippen LogP contribution in [0.5, 0.6) is 0 Å². The molecule has 0 radical (unpaired) electrons. The lowest BCUT2D eigenvalue weighted by Crippen LogP contribution is -2.41. The van der Waals surface area contributed by atoms with Gasteiger partial charge in [-0.15, -0.1) is 0 Å². The molecule has 0 aromatic carbocycles. The van der Waals surface area contributed by atoms with E-state index in [4.69, 9.17) is 5.53 Å². The standard InChI is InChI=1S/C12H19N3/c1-3-9-15(10-4-2)12-8-6-5-7-11(12)14-13/h5-8,12H,3-4,9-10H2,1-2H3. The molecule has 1 unspecified atom stereocenters. The molecule has 0 bridgehead atoms. The maximum atomic E-state index is 8.92. The minimum Gasteiger partial charge on any atom is -0.361 e. The van der Waals surface area contributed by atoms with E-state index in [0.29, 0.717) is 0 Å². The topological polar surface area (TPSA) is 39.6 Å². The molecule has 1 atom stereocenters. The molecule has 1 aliphatic rings. The van der Waals surface area contributed by atoms with E-state index in [0.717, 1.165) is 31.6 Å². The molecule has 82 valence electrons. The van der Waals surface area contributed by atoms with Gasteiger partial charge in [0.25, 0.3) is 0 Å². The molecule has 3 nitrogen and oxygen atoms in total. The number of rotatable bonds is 5. The van der Waals surface area contributed by atoms with Gasteiger partial charge in [-0.3, -0.25) is 4.90 Å². The second-order valence-corrected chi connectivity index (χ2v) is 3.75. The van der Waals surface area contributed by atoms with Gasteiger partial charge < -0.3 is 5.53 Å². The van der Waals surface area contributed by atoms with E-state index in [-0.39, 0.29) is 6.04 Å². The zero-order chi connectivity index (χ0) is 11.1. The molecule has 3 heteroatoms. The van der Waals surface area contributed by atoms with E-state index in [1.807, 2.05) is 18.2 Å². The van der Waals surface area contributed by atoms with Gasteiger partial charge >= 0.3 is 5.71 Å². The van der Waals surface area contributed by atoms with Crippen LogP contribution in [0, 0.1) is 0 Å². The Bertz CT molecular complexity index is 292. The molecule has 0 heterocycles. The molecule has 0 aromatic rings. The summed E-state index contributed by atoms with van der Waals surface area (Å²) < 4.78 is 0. The van der Waals surface area contributed by atoms with E-state index in [9.17, 15) is 0 Å². The Labute approximate surface area is 91.7 Å². The Morgan fingerprint density at radius 2 is 1.93 bits per heavy atom. The summed E-state index contributed by atoms with van der Waals surface area (Å²) in [6.07, 6.45) is 10.1. The van der Waals surface area contributed by atoms with E-state index in [1.165, 1.54) is 0 Å². The van der Waals surface area contributed by atoms with Gasteiger partial charge in [0.2, 0.25) is 0 Å². The van der Waals surface area contributed by atoms with Crippen LogP contribution in [-0.2, 0) is 0 Å². The van der Waals surface area contributed by atoms with Gasteiger partial charge in [0.05, 0.1) is 0 Å². The van der Waals surface area contributed by atoms with Gasteiger partial charge in [-0.25, -0.2) is 0 Å². The van der Waals surface area contributed by atoms with Crippen molar-refractivity contribution >= 4 is 5.71 Å². The van der Waals surface area contributed by atoms with Crippen molar-refractivity contribution in [1.82, 2.24) is 4.90 Å². The average molecular weight is 205 g/mol. The Morgan fingerprint density at radius 1 is 1.27 bits per heavy atom.